The molecule has 0 aliphatic heterocycles. The standard InChI is InChI=1S/C23H21Cl2N5O/c1-15-22(25)16(2)30(27-15)13-17-7-9-18(10-8-17)23(31)26-21-11-12-29(28-21)14-19-5-3-4-6-20(19)24/h3-12H,13-14H2,1-2H3,(H,26,28,31). The van der Waals surface area contributed by atoms with Crippen LogP contribution in [0.15, 0.2) is 60.8 Å². The molecule has 31 heavy (non-hydrogen) atoms. The second-order valence-electron chi connectivity index (χ2n) is 7.28. The van der Waals surface area contributed by atoms with E-state index in [2.05, 4.69) is 15.5 Å². The average molecular weight is 454 g/mol. The Morgan fingerprint density at radius 1 is 0.968 bits per heavy atom. The van der Waals surface area contributed by atoms with Gasteiger partial charge in [-0.15, -0.1) is 0 Å². The summed E-state index contributed by atoms with van der Waals surface area (Å²) in [5, 5.41) is 13.1. The van der Waals surface area contributed by atoms with Crippen LogP contribution in [0.25, 0.3) is 0 Å². The van der Waals surface area contributed by atoms with Crippen LogP contribution in [-0.4, -0.2) is 25.5 Å². The van der Waals surface area contributed by atoms with Gasteiger partial charge in [0.1, 0.15) is 0 Å². The van der Waals surface area contributed by atoms with Gasteiger partial charge in [0, 0.05) is 22.8 Å². The number of hydrogen-bond acceptors (Lipinski definition) is 3. The fourth-order valence-electron chi connectivity index (χ4n) is 3.27. The number of carbonyl (C=O) groups is 1. The van der Waals surface area contributed by atoms with Crippen LogP contribution in [0.4, 0.5) is 5.82 Å². The molecule has 158 valence electrons. The minimum atomic E-state index is -0.219. The summed E-state index contributed by atoms with van der Waals surface area (Å²) < 4.78 is 3.60. The number of aromatic nitrogens is 4. The lowest BCUT2D eigenvalue weighted by Gasteiger charge is -2.07. The zero-order chi connectivity index (χ0) is 22.0. The molecule has 1 N–H and O–H groups in total. The summed E-state index contributed by atoms with van der Waals surface area (Å²) in [6.07, 6.45) is 1.81. The first-order valence-electron chi connectivity index (χ1n) is 9.77. The van der Waals surface area contributed by atoms with Crippen molar-refractivity contribution in [2.75, 3.05) is 5.32 Å². The highest BCUT2D eigenvalue weighted by atomic mass is 35.5. The number of anilines is 1. The van der Waals surface area contributed by atoms with Crippen LogP contribution in [0.2, 0.25) is 10.0 Å². The van der Waals surface area contributed by atoms with E-state index < -0.39 is 0 Å². The lowest BCUT2D eigenvalue weighted by atomic mass is 10.1. The van der Waals surface area contributed by atoms with Crippen molar-refractivity contribution in [1.29, 1.82) is 0 Å². The number of aryl methyl sites for hydroxylation is 1. The molecule has 2 aromatic heterocycles. The molecule has 4 rings (SSSR count). The predicted molar refractivity (Wildman–Crippen MR) is 123 cm³/mol. The van der Waals surface area contributed by atoms with Gasteiger partial charge < -0.3 is 5.32 Å². The second-order valence-corrected chi connectivity index (χ2v) is 8.07. The molecule has 4 aromatic rings. The topological polar surface area (TPSA) is 64.7 Å². The van der Waals surface area contributed by atoms with Crippen LogP contribution < -0.4 is 5.32 Å². The zero-order valence-corrected chi connectivity index (χ0v) is 18.7. The van der Waals surface area contributed by atoms with E-state index >= 15 is 0 Å². The van der Waals surface area contributed by atoms with Crippen molar-refractivity contribution < 1.29 is 4.79 Å². The number of carbonyl (C=O) groups excluding carboxylic acids is 1. The molecular weight excluding hydrogens is 433 g/mol. The molecule has 0 aliphatic rings. The van der Waals surface area contributed by atoms with Crippen molar-refractivity contribution in [2.45, 2.75) is 26.9 Å². The molecule has 0 bridgehead atoms. The van der Waals surface area contributed by atoms with Gasteiger partial charge in [0.15, 0.2) is 5.82 Å². The first-order valence-corrected chi connectivity index (χ1v) is 10.5. The summed E-state index contributed by atoms with van der Waals surface area (Å²) >= 11 is 12.4. The van der Waals surface area contributed by atoms with E-state index in [1.807, 2.05) is 61.1 Å². The Morgan fingerprint density at radius 3 is 2.39 bits per heavy atom. The van der Waals surface area contributed by atoms with Crippen LogP contribution in [-0.2, 0) is 13.1 Å². The van der Waals surface area contributed by atoms with Gasteiger partial charge in [-0.05, 0) is 43.2 Å². The number of halogens is 2. The molecule has 0 aliphatic carbocycles. The van der Waals surface area contributed by atoms with Gasteiger partial charge in [0.25, 0.3) is 5.91 Å². The maximum absolute atomic E-state index is 12.6. The molecule has 0 radical (unpaired) electrons. The molecule has 0 unspecified atom stereocenters. The van der Waals surface area contributed by atoms with E-state index in [4.69, 9.17) is 23.2 Å². The molecule has 1 amide bonds. The molecule has 8 heteroatoms. The summed E-state index contributed by atoms with van der Waals surface area (Å²) in [4.78, 5) is 12.6. The maximum Gasteiger partial charge on any atom is 0.256 e. The summed E-state index contributed by atoms with van der Waals surface area (Å²) in [5.41, 5.74) is 4.28. The van der Waals surface area contributed by atoms with E-state index in [0.29, 0.717) is 34.5 Å². The van der Waals surface area contributed by atoms with Crippen LogP contribution >= 0.6 is 23.2 Å². The van der Waals surface area contributed by atoms with E-state index in [9.17, 15) is 4.79 Å². The number of hydrogen-bond donors (Lipinski definition) is 1. The van der Waals surface area contributed by atoms with Gasteiger partial charge in [-0.25, -0.2) is 0 Å². The van der Waals surface area contributed by atoms with Crippen LogP contribution in [0.5, 0.6) is 0 Å². The van der Waals surface area contributed by atoms with Gasteiger partial charge >= 0.3 is 0 Å². The van der Waals surface area contributed by atoms with E-state index in [1.54, 1.807) is 22.9 Å². The summed E-state index contributed by atoms with van der Waals surface area (Å²) in [6.45, 7) is 4.94. The quantitative estimate of drug-likeness (QED) is 0.427. The highest BCUT2D eigenvalue weighted by molar-refractivity contribution is 6.32. The second kappa shape index (κ2) is 8.96. The van der Waals surface area contributed by atoms with Gasteiger partial charge in [-0.1, -0.05) is 53.5 Å². The molecule has 0 saturated heterocycles. The molecule has 0 fully saturated rings. The third kappa shape index (κ3) is 4.81. The van der Waals surface area contributed by atoms with E-state index in [1.165, 1.54) is 0 Å². The summed E-state index contributed by atoms with van der Waals surface area (Å²) in [7, 11) is 0. The molecule has 0 atom stereocenters. The minimum Gasteiger partial charge on any atom is -0.305 e. The highest BCUT2D eigenvalue weighted by Gasteiger charge is 2.11. The van der Waals surface area contributed by atoms with Gasteiger partial charge in [0.2, 0.25) is 0 Å². The predicted octanol–water partition coefficient (Wildman–Crippen LogP) is 5.35. The Balaban J connectivity index is 1.39. The third-order valence-electron chi connectivity index (χ3n) is 5.01. The Labute approximate surface area is 190 Å². The van der Waals surface area contributed by atoms with E-state index in [0.717, 1.165) is 22.5 Å². The van der Waals surface area contributed by atoms with Gasteiger partial charge in [0.05, 0.1) is 29.5 Å². The van der Waals surface area contributed by atoms with Crippen LogP contribution in [0, 0.1) is 13.8 Å². The van der Waals surface area contributed by atoms with Crippen molar-refractivity contribution >= 4 is 34.9 Å². The normalized spacial score (nSPS) is 11.0. The fourth-order valence-corrected chi connectivity index (χ4v) is 3.60. The molecule has 0 saturated carbocycles. The Kier molecular flexibility index (Phi) is 6.11. The monoisotopic (exact) mass is 453 g/mol. The van der Waals surface area contributed by atoms with E-state index in [-0.39, 0.29) is 5.91 Å². The molecule has 0 spiro atoms. The van der Waals surface area contributed by atoms with Crippen molar-refractivity contribution in [1.82, 2.24) is 19.6 Å². The maximum atomic E-state index is 12.6. The Hall–Kier alpha value is -3.09. The van der Waals surface area contributed by atoms with Crippen molar-refractivity contribution in [2.24, 2.45) is 0 Å². The zero-order valence-electron chi connectivity index (χ0n) is 17.1. The highest BCUT2D eigenvalue weighted by Crippen LogP contribution is 2.20. The summed E-state index contributed by atoms with van der Waals surface area (Å²) in [5.74, 6) is 0.266. The van der Waals surface area contributed by atoms with Gasteiger partial charge in [-0.3, -0.25) is 14.2 Å². The number of nitrogens with one attached hydrogen (secondary N) is 1. The first-order chi connectivity index (χ1) is 14.9. The summed E-state index contributed by atoms with van der Waals surface area (Å²) in [6, 6.07) is 16.8. The third-order valence-corrected chi connectivity index (χ3v) is 5.93. The number of rotatable bonds is 6. The average Bonchev–Trinajstić information content (AvgIpc) is 3.29. The molecule has 2 heterocycles. The number of benzene rings is 2. The molecule has 2 aromatic carbocycles. The van der Waals surface area contributed by atoms with Crippen LogP contribution in [0.3, 0.4) is 0 Å². The van der Waals surface area contributed by atoms with Crippen molar-refractivity contribution in [3.05, 3.63) is 98.9 Å². The Bertz CT molecular complexity index is 1230. The minimum absolute atomic E-state index is 0.219. The SMILES string of the molecule is Cc1nn(Cc2ccc(C(=O)Nc3ccn(Cc4ccccc4Cl)n3)cc2)c(C)c1Cl. The molecule has 6 nitrogen and oxygen atoms in total. The van der Waals surface area contributed by atoms with Gasteiger partial charge in [-0.2, -0.15) is 10.2 Å². The molecular formula is C23H21Cl2N5O. The largest absolute Gasteiger partial charge is 0.305 e. The fraction of sp³-hybridized carbons (Fsp3) is 0.174. The lowest BCUT2D eigenvalue weighted by molar-refractivity contribution is 0.102. The number of amides is 1. The van der Waals surface area contributed by atoms with Crippen molar-refractivity contribution in [3.63, 3.8) is 0 Å². The Morgan fingerprint density at radius 2 is 1.71 bits per heavy atom. The lowest BCUT2D eigenvalue weighted by Crippen LogP contribution is -2.13. The first kappa shape index (κ1) is 21.2. The van der Waals surface area contributed by atoms with Crippen molar-refractivity contribution in [3.8, 4) is 0 Å². The number of nitrogens with zero attached hydrogens (tertiary/aromatic N) is 4. The smallest absolute Gasteiger partial charge is 0.256 e. The van der Waals surface area contributed by atoms with Crippen LogP contribution in [0.1, 0.15) is 32.9 Å².